The normalized spacial score (nSPS) is 10.7. The van der Waals surface area contributed by atoms with Crippen molar-refractivity contribution in [3.63, 3.8) is 0 Å². The summed E-state index contributed by atoms with van der Waals surface area (Å²) in [5.41, 5.74) is 4.86. The fourth-order valence-electron chi connectivity index (χ4n) is 2.13. The second-order valence-corrected chi connectivity index (χ2v) is 5.06. The van der Waals surface area contributed by atoms with E-state index < -0.39 is 0 Å². The second-order valence-electron chi connectivity index (χ2n) is 4.65. The van der Waals surface area contributed by atoms with Gasteiger partial charge in [0.15, 0.2) is 0 Å². The Morgan fingerprint density at radius 1 is 1.00 bits per heavy atom. The van der Waals surface area contributed by atoms with Crippen molar-refractivity contribution in [3.05, 3.63) is 58.6 Å². The highest BCUT2D eigenvalue weighted by Crippen LogP contribution is 2.29. The molecule has 0 atom stereocenters. The molecule has 2 aromatic carbocycles. The van der Waals surface area contributed by atoms with E-state index in [0.717, 1.165) is 30.1 Å². The molecule has 0 aliphatic carbocycles. The second kappa shape index (κ2) is 6.74. The summed E-state index contributed by atoms with van der Waals surface area (Å²) in [6.45, 7) is 6.11. The quantitative estimate of drug-likeness (QED) is 0.834. The Kier molecular flexibility index (Phi) is 5.00. The van der Waals surface area contributed by atoms with Gasteiger partial charge in [-0.05, 0) is 35.7 Å². The topological polar surface area (TPSA) is 12.0 Å². The fraction of sp³-hybridized carbons (Fsp3) is 0.294. The van der Waals surface area contributed by atoms with Crippen LogP contribution >= 0.6 is 11.6 Å². The molecule has 100 valence electrons. The molecule has 0 saturated heterocycles. The number of hydrogen-bond donors (Lipinski definition) is 1. The molecule has 2 rings (SSSR count). The van der Waals surface area contributed by atoms with Crippen molar-refractivity contribution in [1.82, 2.24) is 5.32 Å². The molecule has 2 heteroatoms. The molecule has 0 aromatic heterocycles. The van der Waals surface area contributed by atoms with Crippen molar-refractivity contribution in [1.29, 1.82) is 0 Å². The summed E-state index contributed by atoms with van der Waals surface area (Å²) in [6.07, 6.45) is 1.05. The Balaban J connectivity index is 2.29. The van der Waals surface area contributed by atoms with Crippen LogP contribution in [0.1, 0.15) is 25.0 Å². The molecule has 0 unspecified atom stereocenters. The molecule has 0 amide bonds. The van der Waals surface area contributed by atoms with E-state index in [-0.39, 0.29) is 0 Å². The third-order valence-electron chi connectivity index (χ3n) is 3.26. The van der Waals surface area contributed by atoms with Crippen LogP contribution in [0, 0.1) is 0 Å². The lowest BCUT2D eigenvalue weighted by atomic mass is 10.0. The van der Waals surface area contributed by atoms with Gasteiger partial charge in [0.2, 0.25) is 0 Å². The van der Waals surface area contributed by atoms with Crippen LogP contribution in [0.4, 0.5) is 0 Å². The van der Waals surface area contributed by atoms with Gasteiger partial charge < -0.3 is 5.32 Å². The minimum absolute atomic E-state index is 0.823. The van der Waals surface area contributed by atoms with E-state index in [9.17, 15) is 0 Å². The summed E-state index contributed by atoms with van der Waals surface area (Å²) in [5.74, 6) is 0. The average Bonchev–Trinajstić information content (AvgIpc) is 2.45. The Morgan fingerprint density at radius 3 is 2.53 bits per heavy atom. The van der Waals surface area contributed by atoms with Crippen LogP contribution in [0.15, 0.2) is 42.5 Å². The zero-order valence-corrected chi connectivity index (χ0v) is 12.3. The summed E-state index contributed by atoms with van der Waals surface area (Å²) in [7, 11) is 0. The number of hydrogen-bond acceptors (Lipinski definition) is 1. The average molecular weight is 274 g/mol. The van der Waals surface area contributed by atoms with Crippen LogP contribution in [0.3, 0.4) is 0 Å². The number of rotatable bonds is 5. The first kappa shape index (κ1) is 14.1. The number of aryl methyl sites for hydroxylation is 1. The van der Waals surface area contributed by atoms with Gasteiger partial charge in [0, 0.05) is 17.1 Å². The molecule has 0 fully saturated rings. The largest absolute Gasteiger partial charge is 0.313 e. The molecule has 0 aliphatic rings. The van der Waals surface area contributed by atoms with E-state index in [1.165, 1.54) is 16.7 Å². The van der Waals surface area contributed by atoms with Crippen molar-refractivity contribution in [3.8, 4) is 11.1 Å². The summed E-state index contributed by atoms with van der Waals surface area (Å²) in [4.78, 5) is 0. The van der Waals surface area contributed by atoms with E-state index in [4.69, 9.17) is 11.6 Å². The smallest absolute Gasteiger partial charge is 0.0487 e. The molecule has 0 heterocycles. The molecule has 2 aromatic rings. The molecule has 0 spiro atoms. The third kappa shape index (κ3) is 3.59. The number of halogens is 1. The Bertz CT molecular complexity index is 549. The van der Waals surface area contributed by atoms with Crippen LogP contribution < -0.4 is 5.32 Å². The number of nitrogens with one attached hydrogen (secondary N) is 1. The van der Waals surface area contributed by atoms with E-state index >= 15 is 0 Å². The standard InChI is InChI=1S/C17H20ClN/c1-3-13-6-5-7-15(10-13)16-9-8-14(11-17(16)18)12-19-4-2/h5-11,19H,3-4,12H2,1-2H3. The molecule has 1 N–H and O–H groups in total. The van der Waals surface area contributed by atoms with Crippen molar-refractivity contribution in [2.45, 2.75) is 26.8 Å². The Morgan fingerprint density at radius 2 is 1.84 bits per heavy atom. The van der Waals surface area contributed by atoms with Gasteiger partial charge in [-0.15, -0.1) is 0 Å². The monoisotopic (exact) mass is 273 g/mol. The highest BCUT2D eigenvalue weighted by molar-refractivity contribution is 6.33. The summed E-state index contributed by atoms with van der Waals surface area (Å²) in [5, 5.41) is 4.13. The predicted octanol–water partition coefficient (Wildman–Crippen LogP) is 4.68. The van der Waals surface area contributed by atoms with Gasteiger partial charge in [-0.1, -0.05) is 61.8 Å². The lowest BCUT2D eigenvalue weighted by Gasteiger charge is -2.09. The van der Waals surface area contributed by atoms with Crippen molar-refractivity contribution in [2.75, 3.05) is 6.54 Å². The SMILES string of the molecule is CCNCc1ccc(-c2cccc(CC)c2)c(Cl)c1. The molecule has 0 radical (unpaired) electrons. The van der Waals surface area contributed by atoms with Crippen LogP contribution in [0.2, 0.25) is 5.02 Å². The first-order chi connectivity index (χ1) is 9.24. The maximum atomic E-state index is 6.41. The summed E-state index contributed by atoms with van der Waals surface area (Å²) in [6, 6.07) is 14.9. The zero-order valence-electron chi connectivity index (χ0n) is 11.5. The minimum Gasteiger partial charge on any atom is -0.313 e. The lowest BCUT2D eigenvalue weighted by molar-refractivity contribution is 0.727. The van der Waals surface area contributed by atoms with Gasteiger partial charge in [0.05, 0.1) is 0 Å². The minimum atomic E-state index is 0.823. The highest BCUT2D eigenvalue weighted by atomic mass is 35.5. The van der Waals surface area contributed by atoms with Crippen LogP contribution in [-0.4, -0.2) is 6.54 Å². The fourth-order valence-corrected chi connectivity index (χ4v) is 2.44. The van der Waals surface area contributed by atoms with Gasteiger partial charge >= 0.3 is 0 Å². The first-order valence-electron chi connectivity index (χ1n) is 6.83. The van der Waals surface area contributed by atoms with Crippen molar-refractivity contribution in [2.24, 2.45) is 0 Å². The van der Waals surface area contributed by atoms with Gasteiger partial charge in [-0.25, -0.2) is 0 Å². The van der Waals surface area contributed by atoms with Gasteiger partial charge in [0.1, 0.15) is 0 Å². The zero-order chi connectivity index (χ0) is 13.7. The van der Waals surface area contributed by atoms with Crippen LogP contribution in [-0.2, 0) is 13.0 Å². The van der Waals surface area contributed by atoms with Crippen molar-refractivity contribution >= 4 is 11.6 Å². The highest BCUT2D eigenvalue weighted by Gasteiger charge is 2.05. The van der Waals surface area contributed by atoms with Gasteiger partial charge in [-0.3, -0.25) is 0 Å². The summed E-state index contributed by atoms with van der Waals surface area (Å²) >= 11 is 6.41. The number of benzene rings is 2. The third-order valence-corrected chi connectivity index (χ3v) is 3.57. The maximum Gasteiger partial charge on any atom is 0.0487 e. The summed E-state index contributed by atoms with van der Waals surface area (Å²) < 4.78 is 0. The van der Waals surface area contributed by atoms with Gasteiger partial charge in [0.25, 0.3) is 0 Å². The molecule has 19 heavy (non-hydrogen) atoms. The van der Waals surface area contributed by atoms with E-state index in [2.05, 4.69) is 61.6 Å². The molecule has 0 saturated carbocycles. The van der Waals surface area contributed by atoms with E-state index in [0.29, 0.717) is 0 Å². The lowest BCUT2D eigenvalue weighted by Crippen LogP contribution is -2.11. The maximum absolute atomic E-state index is 6.41. The van der Waals surface area contributed by atoms with Gasteiger partial charge in [-0.2, -0.15) is 0 Å². The molecule has 0 aliphatic heterocycles. The van der Waals surface area contributed by atoms with Crippen LogP contribution in [0.25, 0.3) is 11.1 Å². The molecular weight excluding hydrogens is 254 g/mol. The van der Waals surface area contributed by atoms with Crippen molar-refractivity contribution < 1.29 is 0 Å². The van der Waals surface area contributed by atoms with Crippen LogP contribution in [0.5, 0.6) is 0 Å². The predicted molar refractivity (Wildman–Crippen MR) is 83.6 cm³/mol. The molecule has 0 bridgehead atoms. The van der Waals surface area contributed by atoms with E-state index in [1.54, 1.807) is 0 Å². The Labute approximate surface area is 120 Å². The molecule has 1 nitrogen and oxygen atoms in total. The molecular formula is C17H20ClN. The Hall–Kier alpha value is -1.31. The van der Waals surface area contributed by atoms with E-state index in [1.807, 2.05) is 0 Å². The first-order valence-corrected chi connectivity index (χ1v) is 7.20.